The number of piperazine rings is 1. The predicted molar refractivity (Wildman–Crippen MR) is 140 cm³/mol. The Balaban J connectivity index is 1.38. The van der Waals surface area contributed by atoms with Gasteiger partial charge in [-0.3, -0.25) is 4.90 Å². The summed E-state index contributed by atoms with van der Waals surface area (Å²) in [6.07, 6.45) is 1.05. The van der Waals surface area contributed by atoms with E-state index in [9.17, 15) is 4.79 Å². The van der Waals surface area contributed by atoms with Crippen molar-refractivity contribution in [2.24, 2.45) is 0 Å². The van der Waals surface area contributed by atoms with Gasteiger partial charge in [-0.2, -0.15) is 0 Å². The molecule has 0 spiro atoms. The standard InChI is InChI=1S/C26H34N6OS/c1-5-30-10-9-20-21(16-30)34-25-22(20)24(28-23(29-25)17(2)3)31-11-13-32(14-12-31)26(33)27-19-8-6-7-18(4)15-19/h6-8,15,17H,5,9-14,16H2,1-4H3,(H,27,33). The van der Waals surface area contributed by atoms with Crippen LogP contribution in [-0.4, -0.2) is 65.1 Å². The fraction of sp³-hybridized carbons (Fsp3) is 0.500. The Morgan fingerprint density at radius 3 is 2.65 bits per heavy atom. The maximum atomic E-state index is 12.9. The number of anilines is 2. The predicted octanol–water partition coefficient (Wildman–Crippen LogP) is 4.86. The minimum atomic E-state index is -0.0338. The van der Waals surface area contributed by atoms with Crippen LogP contribution in [0.15, 0.2) is 24.3 Å². The summed E-state index contributed by atoms with van der Waals surface area (Å²) in [4.78, 5) is 32.2. The number of urea groups is 1. The van der Waals surface area contributed by atoms with Crippen LogP contribution in [0.3, 0.4) is 0 Å². The van der Waals surface area contributed by atoms with Crippen LogP contribution in [0.1, 0.15) is 48.5 Å². The molecule has 0 bridgehead atoms. The van der Waals surface area contributed by atoms with Crippen LogP contribution in [-0.2, 0) is 13.0 Å². The van der Waals surface area contributed by atoms with E-state index in [1.165, 1.54) is 15.8 Å². The lowest BCUT2D eigenvalue weighted by atomic mass is 10.0. The zero-order chi connectivity index (χ0) is 23.8. The second-order valence-electron chi connectivity index (χ2n) is 9.64. The summed E-state index contributed by atoms with van der Waals surface area (Å²) in [6, 6.07) is 7.90. The topological polar surface area (TPSA) is 64.6 Å². The van der Waals surface area contributed by atoms with E-state index in [1.54, 1.807) is 0 Å². The van der Waals surface area contributed by atoms with Crippen LogP contribution in [0.2, 0.25) is 0 Å². The number of nitrogens with one attached hydrogen (secondary N) is 1. The van der Waals surface area contributed by atoms with Crippen LogP contribution >= 0.6 is 11.3 Å². The number of amides is 2. The van der Waals surface area contributed by atoms with E-state index < -0.39 is 0 Å². The Hall–Kier alpha value is -2.71. The van der Waals surface area contributed by atoms with Gasteiger partial charge in [-0.25, -0.2) is 14.8 Å². The highest BCUT2D eigenvalue weighted by molar-refractivity contribution is 7.19. The number of rotatable bonds is 4. The lowest BCUT2D eigenvalue weighted by Crippen LogP contribution is -2.50. The molecule has 8 heteroatoms. The Kier molecular flexibility index (Phi) is 6.44. The summed E-state index contributed by atoms with van der Waals surface area (Å²) in [5.74, 6) is 2.25. The number of likely N-dealkylation sites (N-methyl/N-ethyl adjacent to an activating group) is 1. The molecule has 2 aliphatic heterocycles. The quantitative estimate of drug-likeness (QED) is 0.580. The summed E-state index contributed by atoms with van der Waals surface area (Å²) < 4.78 is 0. The molecule has 3 aromatic rings. The van der Waals surface area contributed by atoms with Gasteiger partial charge in [0.05, 0.1) is 5.39 Å². The number of nitrogens with zero attached hydrogens (tertiary/aromatic N) is 5. The molecule has 1 fully saturated rings. The van der Waals surface area contributed by atoms with E-state index in [4.69, 9.17) is 9.97 Å². The summed E-state index contributed by atoms with van der Waals surface area (Å²) >= 11 is 1.84. The number of hydrogen-bond acceptors (Lipinski definition) is 6. The number of carbonyl (C=O) groups excluding carboxylic acids is 1. The smallest absolute Gasteiger partial charge is 0.321 e. The lowest BCUT2D eigenvalue weighted by Gasteiger charge is -2.36. The van der Waals surface area contributed by atoms with E-state index in [-0.39, 0.29) is 11.9 Å². The van der Waals surface area contributed by atoms with Gasteiger partial charge in [0.1, 0.15) is 16.5 Å². The van der Waals surface area contributed by atoms with E-state index in [1.807, 2.05) is 47.4 Å². The van der Waals surface area contributed by atoms with Crippen molar-refractivity contribution in [3.05, 3.63) is 46.1 Å². The number of fused-ring (bicyclic) bond motifs is 3. The van der Waals surface area contributed by atoms with Crippen molar-refractivity contribution in [2.45, 2.75) is 46.6 Å². The summed E-state index contributed by atoms with van der Waals surface area (Å²) in [5, 5.41) is 4.30. The van der Waals surface area contributed by atoms with Gasteiger partial charge in [0.2, 0.25) is 0 Å². The molecular weight excluding hydrogens is 444 g/mol. The largest absolute Gasteiger partial charge is 0.352 e. The molecule has 1 aromatic carbocycles. The number of aryl methyl sites for hydroxylation is 1. The van der Waals surface area contributed by atoms with Gasteiger partial charge in [0, 0.05) is 55.8 Å². The molecule has 1 N–H and O–H groups in total. The summed E-state index contributed by atoms with van der Waals surface area (Å²) in [5.41, 5.74) is 3.42. The van der Waals surface area contributed by atoms with E-state index in [2.05, 4.69) is 35.9 Å². The Morgan fingerprint density at radius 2 is 1.94 bits per heavy atom. The van der Waals surface area contributed by atoms with E-state index in [0.29, 0.717) is 13.1 Å². The minimum Gasteiger partial charge on any atom is -0.352 e. The van der Waals surface area contributed by atoms with Crippen molar-refractivity contribution < 1.29 is 4.79 Å². The van der Waals surface area contributed by atoms with Crippen molar-refractivity contribution in [2.75, 3.05) is 49.5 Å². The monoisotopic (exact) mass is 478 g/mol. The van der Waals surface area contributed by atoms with Gasteiger partial charge in [0.25, 0.3) is 0 Å². The molecule has 2 amide bonds. The molecule has 34 heavy (non-hydrogen) atoms. The third-order valence-electron chi connectivity index (χ3n) is 6.88. The molecular formula is C26H34N6OS. The fourth-order valence-electron chi connectivity index (χ4n) is 4.85. The Morgan fingerprint density at radius 1 is 1.15 bits per heavy atom. The van der Waals surface area contributed by atoms with Gasteiger partial charge in [-0.15, -0.1) is 11.3 Å². The summed E-state index contributed by atoms with van der Waals surface area (Å²) in [6.45, 7) is 14.7. The van der Waals surface area contributed by atoms with E-state index >= 15 is 0 Å². The first-order chi connectivity index (χ1) is 16.4. The highest BCUT2D eigenvalue weighted by Crippen LogP contribution is 2.39. The van der Waals surface area contributed by atoms with Gasteiger partial charge in [0.15, 0.2) is 0 Å². The molecule has 0 saturated carbocycles. The van der Waals surface area contributed by atoms with Gasteiger partial charge >= 0.3 is 6.03 Å². The molecule has 5 rings (SSSR count). The highest BCUT2D eigenvalue weighted by Gasteiger charge is 2.29. The van der Waals surface area contributed by atoms with Gasteiger partial charge in [-0.05, 0) is 43.1 Å². The maximum Gasteiger partial charge on any atom is 0.321 e. The number of aromatic nitrogens is 2. The maximum absolute atomic E-state index is 12.9. The molecule has 0 atom stereocenters. The normalized spacial score (nSPS) is 16.9. The summed E-state index contributed by atoms with van der Waals surface area (Å²) in [7, 11) is 0. The minimum absolute atomic E-state index is 0.0338. The number of benzene rings is 1. The van der Waals surface area contributed by atoms with Crippen molar-refractivity contribution in [3.63, 3.8) is 0 Å². The second kappa shape index (κ2) is 9.50. The SMILES string of the molecule is CCN1CCc2c(sc3nc(C(C)C)nc(N4CCN(C(=O)Nc5cccc(C)c5)CC4)c23)C1. The molecule has 2 aliphatic rings. The van der Waals surface area contributed by atoms with Crippen molar-refractivity contribution in [1.82, 2.24) is 19.8 Å². The van der Waals surface area contributed by atoms with Crippen molar-refractivity contribution in [1.29, 1.82) is 0 Å². The molecule has 0 aliphatic carbocycles. The van der Waals surface area contributed by atoms with Crippen LogP contribution in [0.5, 0.6) is 0 Å². The third-order valence-corrected chi connectivity index (χ3v) is 7.99. The highest BCUT2D eigenvalue weighted by atomic mass is 32.1. The van der Waals surface area contributed by atoms with Gasteiger partial charge in [-0.1, -0.05) is 32.9 Å². The lowest BCUT2D eigenvalue weighted by molar-refractivity contribution is 0.208. The third kappa shape index (κ3) is 4.49. The van der Waals surface area contributed by atoms with Crippen LogP contribution < -0.4 is 10.2 Å². The number of hydrogen-bond donors (Lipinski definition) is 1. The zero-order valence-corrected chi connectivity index (χ0v) is 21.4. The Bertz CT molecular complexity index is 1200. The number of thiophene rings is 1. The Labute approximate surface area is 205 Å². The average Bonchev–Trinajstić information content (AvgIpc) is 3.21. The van der Waals surface area contributed by atoms with Crippen LogP contribution in [0.4, 0.5) is 16.3 Å². The first-order valence-electron chi connectivity index (χ1n) is 12.3. The van der Waals surface area contributed by atoms with Crippen molar-refractivity contribution >= 4 is 39.1 Å². The zero-order valence-electron chi connectivity index (χ0n) is 20.6. The molecule has 7 nitrogen and oxygen atoms in total. The molecule has 0 unspecified atom stereocenters. The van der Waals surface area contributed by atoms with Crippen LogP contribution in [0.25, 0.3) is 10.2 Å². The first kappa shape index (κ1) is 23.1. The van der Waals surface area contributed by atoms with Gasteiger partial charge < -0.3 is 15.1 Å². The molecule has 180 valence electrons. The molecule has 2 aromatic heterocycles. The first-order valence-corrected chi connectivity index (χ1v) is 13.2. The molecule has 1 saturated heterocycles. The van der Waals surface area contributed by atoms with Crippen molar-refractivity contribution in [3.8, 4) is 0 Å². The fourth-order valence-corrected chi connectivity index (χ4v) is 6.11. The molecule has 0 radical (unpaired) electrons. The molecule has 4 heterocycles. The van der Waals surface area contributed by atoms with Crippen LogP contribution in [0, 0.1) is 6.92 Å². The second-order valence-corrected chi connectivity index (χ2v) is 10.7. The number of carbonyl (C=O) groups is 1. The van der Waals surface area contributed by atoms with E-state index in [0.717, 1.165) is 66.9 Å². The average molecular weight is 479 g/mol.